The molecule has 0 bridgehead atoms. The minimum atomic E-state index is -4.45. The van der Waals surface area contributed by atoms with E-state index < -0.39 is 32.9 Å². The Balaban J connectivity index is 1.69. The molecule has 5 nitrogen and oxygen atoms in total. The van der Waals surface area contributed by atoms with Gasteiger partial charge in [0.25, 0.3) is 0 Å². The van der Waals surface area contributed by atoms with Crippen molar-refractivity contribution in [2.45, 2.75) is 65.0 Å². The van der Waals surface area contributed by atoms with Crippen LogP contribution in [0.2, 0.25) is 0 Å². The maximum atomic E-state index is 13.7. The van der Waals surface area contributed by atoms with E-state index in [1.807, 2.05) is 0 Å². The van der Waals surface area contributed by atoms with Gasteiger partial charge in [-0.15, -0.1) is 0 Å². The first-order chi connectivity index (χ1) is 16.7. The van der Waals surface area contributed by atoms with Crippen LogP contribution >= 0.6 is 0 Å². The Bertz CT molecular complexity index is 1230. The average molecular weight is 610 g/mol. The van der Waals surface area contributed by atoms with Crippen molar-refractivity contribution < 1.29 is 34.4 Å². The maximum absolute atomic E-state index is 13.7. The minimum absolute atomic E-state index is 0.00575. The Morgan fingerprint density at radius 1 is 0.917 bits per heavy atom. The summed E-state index contributed by atoms with van der Waals surface area (Å²) in [5, 5.41) is 3.50. The summed E-state index contributed by atoms with van der Waals surface area (Å²) in [7, 11) is 0. The summed E-state index contributed by atoms with van der Waals surface area (Å²) in [4.78, 5) is 15.7. The van der Waals surface area contributed by atoms with E-state index in [0.717, 1.165) is 32.7 Å². The van der Waals surface area contributed by atoms with Crippen molar-refractivity contribution in [3.05, 3.63) is 68.8 Å². The van der Waals surface area contributed by atoms with Crippen molar-refractivity contribution in [3.8, 4) is 0 Å². The molecule has 0 amide bonds. The Kier molecular flexibility index (Phi) is 7.24. The van der Waals surface area contributed by atoms with Gasteiger partial charge in [-0.1, -0.05) is 0 Å². The quantitative estimate of drug-likeness (QED) is 0.280. The number of hydrogen-bond donors (Lipinski definition) is 1. The molecule has 1 aliphatic rings. The fourth-order valence-electron chi connectivity index (χ4n) is 3.87. The third-order valence-electron chi connectivity index (χ3n) is 5.95. The SMILES string of the molecule is CC(C)(C)c1ccc(Nc2nc(C(C)(C)C)nc3c2[I-]CN(c2ncccc2C(F)(F)F)CC3)cc1. The third-order valence-corrected chi connectivity index (χ3v) is 9.01. The number of rotatable bonds is 3. The Labute approximate surface area is 221 Å². The first kappa shape index (κ1) is 26.6. The van der Waals surface area contributed by atoms with Gasteiger partial charge in [-0.3, -0.25) is 0 Å². The molecule has 0 atom stereocenters. The molecule has 194 valence electrons. The van der Waals surface area contributed by atoms with Crippen LogP contribution in [0.1, 0.15) is 64.2 Å². The predicted molar refractivity (Wildman–Crippen MR) is 133 cm³/mol. The first-order valence-corrected chi connectivity index (χ1v) is 14.5. The molecule has 2 aromatic heterocycles. The van der Waals surface area contributed by atoms with Crippen LogP contribution in [0, 0.1) is 3.57 Å². The van der Waals surface area contributed by atoms with Crippen molar-refractivity contribution in [2.24, 2.45) is 0 Å². The van der Waals surface area contributed by atoms with Crippen molar-refractivity contribution in [1.29, 1.82) is 0 Å². The van der Waals surface area contributed by atoms with Gasteiger partial charge in [-0.25, -0.2) is 0 Å². The number of aromatic nitrogens is 3. The van der Waals surface area contributed by atoms with E-state index in [-0.39, 0.29) is 16.6 Å². The molecule has 0 radical (unpaired) electrons. The number of alkyl halides is 4. The van der Waals surface area contributed by atoms with E-state index in [4.69, 9.17) is 9.97 Å². The molecular formula is C27H32F3IN5-. The van der Waals surface area contributed by atoms with Gasteiger partial charge in [0, 0.05) is 0 Å². The molecule has 0 saturated heterocycles. The second-order valence-corrected chi connectivity index (χ2v) is 13.5. The topological polar surface area (TPSA) is 53.9 Å². The van der Waals surface area contributed by atoms with E-state index in [9.17, 15) is 13.2 Å². The van der Waals surface area contributed by atoms with Crippen LogP contribution in [0.15, 0.2) is 42.6 Å². The van der Waals surface area contributed by atoms with Crippen molar-refractivity contribution in [2.75, 3.05) is 21.3 Å². The van der Waals surface area contributed by atoms with Crippen LogP contribution in [0.4, 0.5) is 30.5 Å². The van der Waals surface area contributed by atoms with E-state index in [2.05, 4.69) is 76.1 Å². The molecule has 36 heavy (non-hydrogen) atoms. The van der Waals surface area contributed by atoms with Gasteiger partial charge >= 0.3 is 222 Å². The second kappa shape index (κ2) is 9.79. The zero-order valence-electron chi connectivity index (χ0n) is 21.5. The molecular weight excluding hydrogens is 578 g/mol. The molecule has 3 heterocycles. The van der Waals surface area contributed by atoms with Crippen molar-refractivity contribution >= 4 is 17.3 Å². The Hall–Kier alpha value is -2.43. The normalized spacial score (nSPS) is 15.1. The number of fused-ring (bicyclic) bond motifs is 1. The van der Waals surface area contributed by atoms with Crippen LogP contribution in [0.3, 0.4) is 0 Å². The van der Waals surface area contributed by atoms with Gasteiger partial charge in [0.05, 0.1) is 0 Å². The standard InChI is InChI=1S/C27H32F3IN5/c1-25(2,3)17-9-11-18(12-10-17)33-22-21-20(34-24(35-22)26(4,5)6)13-15-36(16-31-21)23-19(27(28,29)30)8-7-14-32-23/h7-12,14H,13,15-16H2,1-6H3,(H,33,34,35)/q-1. The number of pyridine rings is 1. The Morgan fingerprint density at radius 2 is 1.61 bits per heavy atom. The number of anilines is 3. The Morgan fingerprint density at radius 3 is 2.22 bits per heavy atom. The predicted octanol–water partition coefficient (Wildman–Crippen LogP) is 3.51. The van der Waals surface area contributed by atoms with Crippen LogP contribution in [-0.2, 0) is 23.4 Å². The molecule has 0 saturated carbocycles. The molecule has 1 aliphatic heterocycles. The molecule has 1 aromatic carbocycles. The summed E-state index contributed by atoms with van der Waals surface area (Å²) in [6.45, 7) is 13.2. The van der Waals surface area contributed by atoms with E-state index in [1.54, 1.807) is 4.90 Å². The van der Waals surface area contributed by atoms with Crippen molar-refractivity contribution in [1.82, 2.24) is 15.0 Å². The summed E-state index contributed by atoms with van der Waals surface area (Å²) >= 11 is -0.712. The van der Waals surface area contributed by atoms with Crippen LogP contribution in [-0.4, -0.2) is 26.0 Å². The van der Waals surface area contributed by atoms with Gasteiger partial charge in [0.1, 0.15) is 0 Å². The third kappa shape index (κ3) is 5.92. The molecule has 9 heteroatoms. The zero-order chi connectivity index (χ0) is 26.3. The summed E-state index contributed by atoms with van der Waals surface area (Å²) in [5.41, 5.74) is 2.18. The number of hydrogen-bond acceptors (Lipinski definition) is 5. The average Bonchev–Trinajstić information content (AvgIpc) is 3.00. The van der Waals surface area contributed by atoms with E-state index >= 15 is 0 Å². The molecule has 0 unspecified atom stereocenters. The van der Waals surface area contributed by atoms with Crippen LogP contribution in [0.25, 0.3) is 0 Å². The molecule has 0 spiro atoms. The molecule has 3 aromatic rings. The molecule has 0 aliphatic carbocycles. The monoisotopic (exact) mass is 610 g/mol. The number of nitrogens with zero attached hydrogens (tertiary/aromatic N) is 4. The zero-order valence-corrected chi connectivity index (χ0v) is 23.6. The van der Waals surface area contributed by atoms with Gasteiger partial charge in [0.15, 0.2) is 0 Å². The fourth-order valence-corrected chi connectivity index (χ4v) is 6.74. The van der Waals surface area contributed by atoms with Crippen LogP contribution in [0.5, 0.6) is 0 Å². The van der Waals surface area contributed by atoms with Gasteiger partial charge in [-0.2, -0.15) is 0 Å². The molecule has 1 N–H and O–H groups in total. The second-order valence-electron chi connectivity index (χ2n) is 11.0. The van der Waals surface area contributed by atoms with Crippen molar-refractivity contribution in [3.63, 3.8) is 0 Å². The summed E-state index contributed by atoms with van der Waals surface area (Å²) < 4.78 is 42.6. The summed E-state index contributed by atoms with van der Waals surface area (Å²) in [6.07, 6.45) is -2.49. The number of halogens is 4. The fraction of sp³-hybridized carbons (Fsp3) is 0.444. The van der Waals surface area contributed by atoms with Gasteiger partial charge in [0.2, 0.25) is 0 Å². The number of nitrogens with one attached hydrogen (secondary N) is 1. The first-order valence-electron chi connectivity index (χ1n) is 11.9. The molecule has 0 fully saturated rings. The molecule has 4 rings (SSSR count). The van der Waals surface area contributed by atoms with Gasteiger partial charge < -0.3 is 0 Å². The summed E-state index contributed by atoms with van der Waals surface area (Å²) in [5.74, 6) is 1.48. The van der Waals surface area contributed by atoms with Gasteiger partial charge in [-0.05, 0) is 0 Å². The van der Waals surface area contributed by atoms with E-state index in [1.165, 1.54) is 17.8 Å². The van der Waals surface area contributed by atoms with E-state index in [0.29, 0.717) is 17.5 Å². The number of benzene rings is 1. The van der Waals surface area contributed by atoms with Crippen LogP contribution < -0.4 is 31.4 Å². The summed E-state index contributed by atoms with van der Waals surface area (Å²) in [6, 6.07) is 10.8.